The first kappa shape index (κ1) is 13.1. The number of aryl methyl sites for hydroxylation is 1. The summed E-state index contributed by atoms with van der Waals surface area (Å²) in [5, 5.41) is 3.48. The van der Waals surface area contributed by atoms with Gasteiger partial charge >= 0.3 is 0 Å². The van der Waals surface area contributed by atoms with E-state index in [1.54, 1.807) is 0 Å². The minimum absolute atomic E-state index is 0.757. The van der Waals surface area contributed by atoms with Crippen LogP contribution in [-0.2, 0) is 6.42 Å². The van der Waals surface area contributed by atoms with Gasteiger partial charge in [0.25, 0.3) is 0 Å². The van der Waals surface area contributed by atoms with Crippen LogP contribution in [-0.4, -0.2) is 36.6 Å². The lowest BCUT2D eigenvalue weighted by molar-refractivity contribution is 0.121. The number of rotatable bonds is 4. The number of fused-ring (bicyclic) bond motifs is 2. The van der Waals surface area contributed by atoms with Crippen LogP contribution < -0.4 is 5.32 Å². The van der Waals surface area contributed by atoms with Gasteiger partial charge in [-0.1, -0.05) is 24.3 Å². The van der Waals surface area contributed by atoms with Gasteiger partial charge in [0.2, 0.25) is 0 Å². The van der Waals surface area contributed by atoms with Crippen molar-refractivity contribution >= 4 is 0 Å². The Morgan fingerprint density at radius 1 is 1.16 bits per heavy atom. The molecule has 0 saturated carbocycles. The molecule has 2 fully saturated rings. The van der Waals surface area contributed by atoms with E-state index >= 15 is 0 Å². The van der Waals surface area contributed by atoms with E-state index in [0.717, 1.165) is 18.1 Å². The van der Waals surface area contributed by atoms with Crippen molar-refractivity contribution in [3.05, 3.63) is 35.4 Å². The van der Waals surface area contributed by atoms with Gasteiger partial charge in [-0.2, -0.15) is 0 Å². The average molecular weight is 258 g/mol. The monoisotopic (exact) mass is 258 g/mol. The van der Waals surface area contributed by atoms with E-state index in [0.29, 0.717) is 0 Å². The first-order valence-electron chi connectivity index (χ1n) is 7.75. The highest BCUT2D eigenvalue weighted by atomic mass is 15.2. The molecular formula is C17H26N2. The molecule has 0 aliphatic carbocycles. The molecule has 2 nitrogen and oxygen atoms in total. The zero-order chi connectivity index (χ0) is 13.2. The fourth-order valence-corrected chi connectivity index (χ4v) is 4.02. The van der Waals surface area contributed by atoms with Crippen molar-refractivity contribution in [2.24, 2.45) is 0 Å². The molecule has 1 N–H and O–H groups in total. The molecule has 2 aliphatic heterocycles. The molecule has 19 heavy (non-hydrogen) atoms. The third kappa shape index (κ3) is 2.70. The minimum atomic E-state index is 0.757. The van der Waals surface area contributed by atoms with Crippen molar-refractivity contribution in [3.8, 4) is 0 Å². The van der Waals surface area contributed by atoms with Crippen molar-refractivity contribution in [1.29, 1.82) is 0 Å². The van der Waals surface area contributed by atoms with Gasteiger partial charge in [-0.3, -0.25) is 4.90 Å². The van der Waals surface area contributed by atoms with Crippen molar-refractivity contribution in [1.82, 2.24) is 10.2 Å². The Morgan fingerprint density at radius 2 is 1.84 bits per heavy atom. The minimum Gasteiger partial charge on any atom is -0.317 e. The molecule has 2 unspecified atom stereocenters. The van der Waals surface area contributed by atoms with E-state index in [1.165, 1.54) is 49.8 Å². The van der Waals surface area contributed by atoms with Crippen LogP contribution in [0.25, 0.3) is 0 Å². The first-order valence-corrected chi connectivity index (χ1v) is 7.75. The number of piperidine rings is 1. The normalized spacial score (nSPS) is 30.7. The highest BCUT2D eigenvalue weighted by Gasteiger charge is 2.39. The Balaban J connectivity index is 1.61. The molecule has 1 aromatic rings. The summed E-state index contributed by atoms with van der Waals surface area (Å²) in [4.78, 5) is 2.79. The second-order valence-corrected chi connectivity index (χ2v) is 6.26. The van der Waals surface area contributed by atoms with Crippen molar-refractivity contribution in [2.75, 3.05) is 13.6 Å². The lowest BCUT2D eigenvalue weighted by atomic mass is 9.96. The molecule has 0 radical (unpaired) electrons. The molecule has 0 aromatic heterocycles. The Bertz CT molecular complexity index is 415. The molecule has 2 heterocycles. The Hall–Kier alpha value is -0.860. The van der Waals surface area contributed by atoms with E-state index in [9.17, 15) is 0 Å². The van der Waals surface area contributed by atoms with Crippen LogP contribution in [0, 0.1) is 6.92 Å². The zero-order valence-electron chi connectivity index (χ0n) is 12.2. The van der Waals surface area contributed by atoms with Gasteiger partial charge in [0.15, 0.2) is 0 Å². The molecular weight excluding hydrogens is 232 g/mol. The van der Waals surface area contributed by atoms with Gasteiger partial charge in [-0.25, -0.2) is 0 Å². The van der Waals surface area contributed by atoms with Gasteiger partial charge in [0, 0.05) is 24.7 Å². The molecule has 104 valence electrons. The van der Waals surface area contributed by atoms with Crippen molar-refractivity contribution < 1.29 is 0 Å². The van der Waals surface area contributed by atoms with Crippen molar-refractivity contribution in [2.45, 2.75) is 57.2 Å². The molecule has 0 spiro atoms. The number of nitrogens with one attached hydrogen (secondary N) is 1. The van der Waals surface area contributed by atoms with Gasteiger partial charge in [-0.05, 0) is 57.2 Å². The summed E-state index contributed by atoms with van der Waals surface area (Å²) < 4.78 is 0. The van der Waals surface area contributed by atoms with Crippen LogP contribution in [0.15, 0.2) is 24.3 Å². The van der Waals surface area contributed by atoms with E-state index in [1.807, 2.05) is 0 Å². The highest BCUT2D eigenvalue weighted by molar-refractivity contribution is 5.25. The van der Waals surface area contributed by atoms with Crippen LogP contribution in [0.1, 0.15) is 36.8 Å². The smallest absolute Gasteiger partial charge is 0.0114 e. The van der Waals surface area contributed by atoms with Gasteiger partial charge in [0.1, 0.15) is 0 Å². The molecule has 2 atom stereocenters. The van der Waals surface area contributed by atoms with Gasteiger partial charge in [0.05, 0.1) is 0 Å². The molecule has 3 rings (SSSR count). The quantitative estimate of drug-likeness (QED) is 0.893. The maximum atomic E-state index is 3.48. The summed E-state index contributed by atoms with van der Waals surface area (Å²) in [5.41, 5.74) is 2.97. The first-order chi connectivity index (χ1) is 9.28. The van der Waals surface area contributed by atoms with Crippen molar-refractivity contribution in [3.63, 3.8) is 0 Å². The summed E-state index contributed by atoms with van der Waals surface area (Å²) in [5.74, 6) is 0. The SMILES string of the molecule is CNC1CC2CCC(C1)N2CCc1ccccc1C. The molecule has 2 bridgehead atoms. The maximum Gasteiger partial charge on any atom is 0.0114 e. The summed E-state index contributed by atoms with van der Waals surface area (Å²) in [6.07, 6.45) is 6.73. The molecule has 1 aromatic carbocycles. The summed E-state index contributed by atoms with van der Waals surface area (Å²) in [6, 6.07) is 11.3. The van der Waals surface area contributed by atoms with Crippen LogP contribution in [0.4, 0.5) is 0 Å². The molecule has 2 heteroatoms. The standard InChI is InChI=1S/C17H26N2/c1-13-5-3-4-6-14(13)9-10-19-16-7-8-17(19)12-15(11-16)18-2/h3-6,15-18H,7-12H2,1-2H3. The van der Waals surface area contributed by atoms with Crippen LogP contribution in [0.2, 0.25) is 0 Å². The summed E-state index contributed by atoms with van der Waals surface area (Å²) >= 11 is 0. The second kappa shape index (κ2) is 5.64. The number of benzene rings is 1. The number of hydrogen-bond acceptors (Lipinski definition) is 2. The lowest BCUT2D eigenvalue weighted by Crippen LogP contribution is -2.48. The summed E-state index contributed by atoms with van der Waals surface area (Å²) in [6.45, 7) is 3.48. The van der Waals surface area contributed by atoms with Gasteiger partial charge < -0.3 is 5.32 Å². The largest absolute Gasteiger partial charge is 0.317 e. The topological polar surface area (TPSA) is 15.3 Å². The highest BCUT2D eigenvalue weighted by Crippen LogP contribution is 2.35. The number of nitrogens with zero attached hydrogens (tertiary/aromatic N) is 1. The molecule has 2 saturated heterocycles. The fourth-order valence-electron chi connectivity index (χ4n) is 4.02. The van der Waals surface area contributed by atoms with E-state index in [2.05, 4.69) is 48.5 Å². The molecule has 0 amide bonds. The maximum absolute atomic E-state index is 3.48. The third-order valence-corrected chi connectivity index (χ3v) is 5.19. The Morgan fingerprint density at radius 3 is 2.47 bits per heavy atom. The second-order valence-electron chi connectivity index (χ2n) is 6.26. The lowest BCUT2D eigenvalue weighted by Gasteiger charge is -2.39. The Labute approximate surface area is 117 Å². The van der Waals surface area contributed by atoms with Crippen LogP contribution in [0.3, 0.4) is 0 Å². The zero-order valence-corrected chi connectivity index (χ0v) is 12.2. The van der Waals surface area contributed by atoms with Crippen LogP contribution >= 0.6 is 0 Å². The third-order valence-electron chi connectivity index (χ3n) is 5.19. The van der Waals surface area contributed by atoms with E-state index in [4.69, 9.17) is 0 Å². The van der Waals surface area contributed by atoms with E-state index in [-0.39, 0.29) is 0 Å². The average Bonchev–Trinajstić information content (AvgIpc) is 2.67. The predicted molar refractivity (Wildman–Crippen MR) is 80.5 cm³/mol. The fraction of sp³-hybridized carbons (Fsp3) is 0.647. The van der Waals surface area contributed by atoms with Gasteiger partial charge in [-0.15, -0.1) is 0 Å². The number of hydrogen-bond donors (Lipinski definition) is 1. The van der Waals surface area contributed by atoms with Crippen LogP contribution in [0.5, 0.6) is 0 Å². The molecule has 2 aliphatic rings. The Kier molecular flexibility index (Phi) is 3.90. The van der Waals surface area contributed by atoms with E-state index < -0.39 is 0 Å². The predicted octanol–water partition coefficient (Wildman–Crippen LogP) is 2.75. The summed E-state index contributed by atoms with van der Waals surface area (Å²) in [7, 11) is 2.12.